The first-order valence-electron chi connectivity index (χ1n) is 6.12. The Bertz CT molecular complexity index is 467. The van der Waals surface area contributed by atoms with Crippen LogP contribution in [-0.2, 0) is 11.3 Å². The van der Waals surface area contributed by atoms with Crippen LogP contribution in [0.4, 0.5) is 0 Å². The first kappa shape index (κ1) is 12.8. The SMILES string of the molecule is COC(C)CNCc1cnn(-c2ccccc2)c1. The van der Waals surface area contributed by atoms with Crippen LogP contribution in [0, 0.1) is 0 Å². The van der Waals surface area contributed by atoms with E-state index in [4.69, 9.17) is 4.74 Å². The van der Waals surface area contributed by atoms with Crippen LogP contribution in [0.3, 0.4) is 0 Å². The van der Waals surface area contributed by atoms with E-state index < -0.39 is 0 Å². The summed E-state index contributed by atoms with van der Waals surface area (Å²) in [5.41, 5.74) is 2.25. The van der Waals surface area contributed by atoms with Gasteiger partial charge in [-0.1, -0.05) is 18.2 Å². The molecule has 1 N–H and O–H groups in total. The lowest BCUT2D eigenvalue weighted by Crippen LogP contribution is -2.25. The molecule has 2 aromatic rings. The molecule has 0 spiro atoms. The lowest BCUT2D eigenvalue weighted by atomic mass is 10.3. The van der Waals surface area contributed by atoms with E-state index in [1.54, 1.807) is 7.11 Å². The third kappa shape index (κ3) is 3.42. The zero-order valence-electron chi connectivity index (χ0n) is 10.8. The van der Waals surface area contributed by atoms with Gasteiger partial charge in [-0.2, -0.15) is 5.10 Å². The maximum absolute atomic E-state index is 5.18. The Labute approximate surface area is 108 Å². The molecule has 0 aliphatic carbocycles. The summed E-state index contributed by atoms with van der Waals surface area (Å²) < 4.78 is 7.06. The highest BCUT2D eigenvalue weighted by Crippen LogP contribution is 2.07. The van der Waals surface area contributed by atoms with Gasteiger partial charge < -0.3 is 10.1 Å². The molecule has 0 radical (unpaired) electrons. The average molecular weight is 245 g/mol. The molecular formula is C14H19N3O. The summed E-state index contributed by atoms with van der Waals surface area (Å²) in [4.78, 5) is 0. The number of para-hydroxylation sites is 1. The predicted octanol–water partition coefficient (Wildman–Crippen LogP) is 2.00. The Kier molecular flexibility index (Phi) is 4.50. The van der Waals surface area contributed by atoms with Gasteiger partial charge in [-0.25, -0.2) is 4.68 Å². The van der Waals surface area contributed by atoms with Gasteiger partial charge in [0, 0.05) is 32.0 Å². The van der Waals surface area contributed by atoms with Gasteiger partial charge >= 0.3 is 0 Å². The first-order chi connectivity index (χ1) is 8.79. The third-order valence-electron chi connectivity index (χ3n) is 2.82. The minimum atomic E-state index is 0.231. The van der Waals surface area contributed by atoms with Crippen molar-refractivity contribution < 1.29 is 4.74 Å². The Balaban J connectivity index is 1.91. The second-order valence-electron chi connectivity index (χ2n) is 4.31. The topological polar surface area (TPSA) is 39.1 Å². The monoisotopic (exact) mass is 245 g/mol. The Morgan fingerprint density at radius 2 is 2.11 bits per heavy atom. The van der Waals surface area contributed by atoms with E-state index in [1.165, 1.54) is 5.56 Å². The second-order valence-corrected chi connectivity index (χ2v) is 4.31. The van der Waals surface area contributed by atoms with Gasteiger partial charge in [0.15, 0.2) is 0 Å². The quantitative estimate of drug-likeness (QED) is 0.846. The fourth-order valence-corrected chi connectivity index (χ4v) is 1.68. The minimum Gasteiger partial charge on any atom is -0.380 e. The molecule has 2 rings (SSSR count). The summed E-state index contributed by atoms with van der Waals surface area (Å²) in [6, 6.07) is 10.1. The molecule has 1 unspecified atom stereocenters. The molecular weight excluding hydrogens is 226 g/mol. The summed E-state index contributed by atoms with van der Waals surface area (Å²) in [7, 11) is 1.72. The van der Waals surface area contributed by atoms with E-state index in [0.717, 1.165) is 18.8 Å². The van der Waals surface area contributed by atoms with Crippen LogP contribution < -0.4 is 5.32 Å². The summed E-state index contributed by atoms with van der Waals surface area (Å²) in [5, 5.41) is 7.69. The molecule has 0 amide bonds. The lowest BCUT2D eigenvalue weighted by Gasteiger charge is -2.09. The molecule has 1 aromatic carbocycles. The van der Waals surface area contributed by atoms with Crippen molar-refractivity contribution in [2.75, 3.05) is 13.7 Å². The van der Waals surface area contributed by atoms with Crippen LogP contribution in [-0.4, -0.2) is 29.5 Å². The van der Waals surface area contributed by atoms with Crippen LogP contribution >= 0.6 is 0 Å². The summed E-state index contributed by atoms with van der Waals surface area (Å²) in [6.07, 6.45) is 4.16. The molecule has 0 bridgehead atoms. The van der Waals surface area contributed by atoms with Crippen molar-refractivity contribution in [1.82, 2.24) is 15.1 Å². The van der Waals surface area contributed by atoms with Gasteiger partial charge in [-0.15, -0.1) is 0 Å². The van der Waals surface area contributed by atoms with Gasteiger partial charge in [0.1, 0.15) is 0 Å². The molecule has 4 heteroatoms. The number of methoxy groups -OCH3 is 1. The standard InChI is InChI=1S/C14H19N3O/c1-12(18-2)8-15-9-13-10-16-17(11-13)14-6-4-3-5-7-14/h3-7,10-12,15H,8-9H2,1-2H3. The van der Waals surface area contributed by atoms with Gasteiger partial charge in [0.2, 0.25) is 0 Å². The van der Waals surface area contributed by atoms with Crippen molar-refractivity contribution in [3.63, 3.8) is 0 Å². The first-order valence-corrected chi connectivity index (χ1v) is 6.12. The minimum absolute atomic E-state index is 0.231. The number of rotatable bonds is 6. The van der Waals surface area contributed by atoms with Crippen LogP contribution in [0.5, 0.6) is 0 Å². The Morgan fingerprint density at radius 1 is 1.33 bits per heavy atom. The van der Waals surface area contributed by atoms with Crippen molar-refractivity contribution >= 4 is 0 Å². The number of nitrogens with one attached hydrogen (secondary N) is 1. The number of benzene rings is 1. The Hall–Kier alpha value is -1.65. The van der Waals surface area contributed by atoms with Crippen molar-refractivity contribution in [3.05, 3.63) is 48.3 Å². The molecule has 0 saturated heterocycles. The molecule has 1 atom stereocenters. The van der Waals surface area contributed by atoms with E-state index in [1.807, 2.05) is 54.3 Å². The number of nitrogens with zero attached hydrogens (tertiary/aromatic N) is 2. The van der Waals surface area contributed by atoms with Gasteiger partial charge in [-0.3, -0.25) is 0 Å². The molecule has 18 heavy (non-hydrogen) atoms. The van der Waals surface area contributed by atoms with Crippen molar-refractivity contribution in [1.29, 1.82) is 0 Å². The normalized spacial score (nSPS) is 12.6. The lowest BCUT2D eigenvalue weighted by molar-refractivity contribution is 0.117. The number of hydrogen-bond acceptors (Lipinski definition) is 3. The van der Waals surface area contributed by atoms with Crippen molar-refractivity contribution in [2.24, 2.45) is 0 Å². The fraction of sp³-hybridized carbons (Fsp3) is 0.357. The molecule has 0 fully saturated rings. The molecule has 1 aromatic heterocycles. The highest BCUT2D eigenvalue weighted by molar-refractivity contribution is 5.30. The van der Waals surface area contributed by atoms with Gasteiger partial charge in [0.05, 0.1) is 18.0 Å². The number of aromatic nitrogens is 2. The average Bonchev–Trinajstić information content (AvgIpc) is 2.88. The van der Waals surface area contributed by atoms with E-state index in [2.05, 4.69) is 10.4 Å². The maximum Gasteiger partial charge on any atom is 0.0667 e. The third-order valence-corrected chi connectivity index (χ3v) is 2.82. The van der Waals surface area contributed by atoms with Crippen LogP contribution in [0.2, 0.25) is 0 Å². The highest BCUT2D eigenvalue weighted by atomic mass is 16.5. The zero-order chi connectivity index (χ0) is 12.8. The zero-order valence-corrected chi connectivity index (χ0v) is 10.8. The number of ether oxygens (including phenoxy) is 1. The van der Waals surface area contributed by atoms with Crippen LogP contribution in [0.1, 0.15) is 12.5 Å². The molecule has 0 saturated carbocycles. The predicted molar refractivity (Wildman–Crippen MR) is 71.7 cm³/mol. The molecule has 4 nitrogen and oxygen atoms in total. The van der Waals surface area contributed by atoms with Crippen molar-refractivity contribution in [3.8, 4) is 5.69 Å². The molecule has 96 valence electrons. The fourth-order valence-electron chi connectivity index (χ4n) is 1.68. The largest absolute Gasteiger partial charge is 0.380 e. The number of hydrogen-bond donors (Lipinski definition) is 1. The summed E-state index contributed by atoms with van der Waals surface area (Å²) >= 11 is 0. The van der Waals surface area contributed by atoms with E-state index >= 15 is 0 Å². The van der Waals surface area contributed by atoms with E-state index in [-0.39, 0.29) is 6.10 Å². The Morgan fingerprint density at radius 3 is 2.83 bits per heavy atom. The van der Waals surface area contributed by atoms with Crippen LogP contribution in [0.25, 0.3) is 5.69 Å². The van der Waals surface area contributed by atoms with E-state index in [9.17, 15) is 0 Å². The molecule has 0 aliphatic heterocycles. The molecule has 1 heterocycles. The van der Waals surface area contributed by atoms with E-state index in [0.29, 0.717) is 0 Å². The van der Waals surface area contributed by atoms with Gasteiger partial charge in [0.25, 0.3) is 0 Å². The van der Waals surface area contributed by atoms with Gasteiger partial charge in [-0.05, 0) is 19.1 Å². The highest BCUT2D eigenvalue weighted by Gasteiger charge is 2.02. The maximum atomic E-state index is 5.18. The second kappa shape index (κ2) is 6.33. The summed E-state index contributed by atoms with van der Waals surface area (Å²) in [6.45, 7) is 3.69. The summed E-state index contributed by atoms with van der Waals surface area (Å²) in [5.74, 6) is 0. The molecule has 0 aliphatic rings. The smallest absolute Gasteiger partial charge is 0.0667 e. The van der Waals surface area contributed by atoms with Crippen molar-refractivity contribution in [2.45, 2.75) is 19.6 Å². The van der Waals surface area contributed by atoms with Crippen LogP contribution in [0.15, 0.2) is 42.7 Å².